The summed E-state index contributed by atoms with van der Waals surface area (Å²) in [7, 11) is 1.64. The maximum Gasteiger partial charge on any atom is 0.416 e. The van der Waals surface area contributed by atoms with Gasteiger partial charge in [0.15, 0.2) is 0 Å². The van der Waals surface area contributed by atoms with Crippen molar-refractivity contribution in [2.75, 3.05) is 0 Å². The highest BCUT2D eigenvalue weighted by molar-refractivity contribution is 5.87. The van der Waals surface area contributed by atoms with Gasteiger partial charge in [0, 0.05) is 18.2 Å². The van der Waals surface area contributed by atoms with E-state index in [0.717, 1.165) is 40.2 Å². The molecule has 0 atom stereocenters. The second-order valence-electron chi connectivity index (χ2n) is 7.92. The molecular weight excluding hydrogens is 429 g/mol. The predicted molar refractivity (Wildman–Crippen MR) is 121 cm³/mol. The quantitative estimate of drug-likeness (QED) is 0.384. The van der Waals surface area contributed by atoms with E-state index in [1.807, 2.05) is 37.3 Å². The molecule has 1 N–H and O–H groups in total. The average Bonchev–Trinajstić information content (AvgIpc) is 3.37. The first-order valence-corrected chi connectivity index (χ1v) is 10.2. The molecule has 2 aromatic heterocycles. The van der Waals surface area contributed by atoms with Gasteiger partial charge >= 0.3 is 11.9 Å². The van der Waals surface area contributed by atoms with E-state index in [9.17, 15) is 18.0 Å². The molecule has 3 aromatic carbocycles. The molecule has 2 heterocycles. The Bertz CT molecular complexity index is 1540. The van der Waals surface area contributed by atoms with Crippen molar-refractivity contribution in [1.82, 2.24) is 19.1 Å². The van der Waals surface area contributed by atoms with E-state index >= 15 is 0 Å². The third-order valence-electron chi connectivity index (χ3n) is 5.73. The molecule has 5 aromatic rings. The highest BCUT2D eigenvalue weighted by Gasteiger charge is 2.30. The van der Waals surface area contributed by atoms with Crippen molar-refractivity contribution in [1.29, 1.82) is 0 Å². The van der Waals surface area contributed by atoms with Crippen LogP contribution in [0.5, 0.6) is 0 Å². The van der Waals surface area contributed by atoms with Gasteiger partial charge in [-0.2, -0.15) is 13.2 Å². The summed E-state index contributed by atoms with van der Waals surface area (Å²) in [6, 6.07) is 18.1. The first-order valence-electron chi connectivity index (χ1n) is 10.2. The number of aryl methyl sites for hydroxylation is 2. The summed E-state index contributed by atoms with van der Waals surface area (Å²) in [5.41, 5.74) is 5.07. The number of hydrogen-bond acceptors (Lipinski definition) is 2. The topological polar surface area (TPSA) is 55.6 Å². The van der Waals surface area contributed by atoms with Crippen LogP contribution in [0.25, 0.3) is 39.2 Å². The maximum atomic E-state index is 13.0. The second kappa shape index (κ2) is 7.51. The predicted octanol–water partition coefficient (Wildman–Crippen LogP) is 5.71. The zero-order valence-electron chi connectivity index (χ0n) is 17.8. The van der Waals surface area contributed by atoms with Crippen molar-refractivity contribution in [3.05, 3.63) is 94.7 Å². The number of alkyl halides is 3. The second-order valence-corrected chi connectivity index (χ2v) is 7.92. The Morgan fingerprint density at radius 3 is 2.36 bits per heavy atom. The Balaban J connectivity index is 1.63. The summed E-state index contributed by atoms with van der Waals surface area (Å²) in [4.78, 5) is 20.6. The van der Waals surface area contributed by atoms with Gasteiger partial charge in [-0.1, -0.05) is 29.8 Å². The molecule has 0 aliphatic rings. The van der Waals surface area contributed by atoms with E-state index in [4.69, 9.17) is 0 Å². The first kappa shape index (κ1) is 20.8. The minimum Gasteiger partial charge on any atom is -0.344 e. The van der Waals surface area contributed by atoms with Crippen LogP contribution in [-0.4, -0.2) is 19.1 Å². The zero-order chi connectivity index (χ0) is 23.3. The van der Waals surface area contributed by atoms with Gasteiger partial charge in [0.2, 0.25) is 0 Å². The highest BCUT2D eigenvalue weighted by Crippen LogP contribution is 2.32. The molecule has 0 aliphatic heterocycles. The molecule has 0 unspecified atom stereocenters. The molecule has 0 aliphatic carbocycles. The molecule has 0 spiro atoms. The zero-order valence-corrected chi connectivity index (χ0v) is 17.8. The molecule has 166 valence electrons. The smallest absolute Gasteiger partial charge is 0.344 e. The lowest BCUT2D eigenvalue weighted by Crippen LogP contribution is -2.20. The number of nitrogens with one attached hydrogen (secondary N) is 1. The number of fused-ring (bicyclic) bond motifs is 1. The number of imidazole rings is 2. The van der Waals surface area contributed by atoms with Crippen LogP contribution >= 0.6 is 0 Å². The van der Waals surface area contributed by atoms with Gasteiger partial charge in [0.1, 0.15) is 0 Å². The number of H-pyrrole nitrogens is 1. The van der Waals surface area contributed by atoms with Crippen molar-refractivity contribution in [3.8, 4) is 28.2 Å². The minimum atomic E-state index is -4.43. The molecule has 0 radical (unpaired) electrons. The lowest BCUT2D eigenvalue weighted by atomic mass is 10.0. The van der Waals surface area contributed by atoms with Gasteiger partial charge in [0.05, 0.1) is 40.0 Å². The Labute approximate surface area is 186 Å². The standard InChI is InChI=1S/C25H19F3N4O/c1-15-4-3-5-16(12-15)22-23(30-14-29-22)17-6-11-20-21(13-17)31(2)24(33)32(20)19-9-7-18(8-10-19)25(26,27)28/h3-14H,1-2H3,(H,29,30). The number of aromatic amines is 1. The third-order valence-corrected chi connectivity index (χ3v) is 5.73. The monoisotopic (exact) mass is 448 g/mol. The Kier molecular flexibility index (Phi) is 4.74. The van der Waals surface area contributed by atoms with Crippen molar-refractivity contribution < 1.29 is 13.2 Å². The average molecular weight is 448 g/mol. The molecule has 33 heavy (non-hydrogen) atoms. The highest BCUT2D eigenvalue weighted by atomic mass is 19.4. The molecule has 5 rings (SSSR count). The molecule has 5 nitrogen and oxygen atoms in total. The van der Waals surface area contributed by atoms with Crippen LogP contribution in [0.3, 0.4) is 0 Å². The van der Waals surface area contributed by atoms with Crippen LogP contribution in [0, 0.1) is 6.92 Å². The van der Waals surface area contributed by atoms with Gasteiger partial charge in [-0.3, -0.25) is 9.13 Å². The fraction of sp³-hybridized carbons (Fsp3) is 0.120. The number of benzene rings is 3. The SMILES string of the molecule is Cc1cccc(-c2nc[nH]c2-c2ccc3c(c2)n(C)c(=O)n3-c2ccc(C(F)(F)F)cc2)c1. The van der Waals surface area contributed by atoms with Gasteiger partial charge in [0.25, 0.3) is 0 Å². The van der Waals surface area contributed by atoms with Crippen LogP contribution in [0.1, 0.15) is 11.1 Å². The molecule has 0 saturated carbocycles. The number of hydrogen-bond donors (Lipinski definition) is 1. The van der Waals surface area contributed by atoms with E-state index in [-0.39, 0.29) is 5.69 Å². The first-order chi connectivity index (χ1) is 15.7. The van der Waals surface area contributed by atoms with Crippen LogP contribution in [-0.2, 0) is 13.2 Å². The number of halogens is 3. The summed E-state index contributed by atoms with van der Waals surface area (Å²) in [6.45, 7) is 2.02. The molecule has 8 heteroatoms. The minimum absolute atomic E-state index is 0.342. The Morgan fingerprint density at radius 1 is 0.909 bits per heavy atom. The maximum absolute atomic E-state index is 13.0. The number of rotatable bonds is 3. The molecule has 0 fully saturated rings. The number of nitrogens with zero attached hydrogens (tertiary/aromatic N) is 3. The Hall–Kier alpha value is -4.07. The van der Waals surface area contributed by atoms with Gasteiger partial charge in [-0.25, -0.2) is 9.78 Å². The Morgan fingerprint density at radius 2 is 1.67 bits per heavy atom. The molecule has 0 saturated heterocycles. The van der Waals surface area contributed by atoms with Gasteiger partial charge in [-0.15, -0.1) is 0 Å². The molecular formula is C25H19F3N4O. The summed E-state index contributed by atoms with van der Waals surface area (Å²) >= 11 is 0. The summed E-state index contributed by atoms with van der Waals surface area (Å²) < 4.78 is 41.7. The van der Waals surface area contributed by atoms with Gasteiger partial charge < -0.3 is 4.98 Å². The number of aromatic nitrogens is 4. The third kappa shape index (κ3) is 3.53. The van der Waals surface area contributed by atoms with E-state index in [0.29, 0.717) is 16.7 Å². The van der Waals surface area contributed by atoms with Gasteiger partial charge in [-0.05, 0) is 49.4 Å². The summed E-state index contributed by atoms with van der Waals surface area (Å²) in [5, 5.41) is 0. The van der Waals surface area contributed by atoms with E-state index in [1.54, 1.807) is 19.4 Å². The molecule has 0 amide bonds. The summed E-state index contributed by atoms with van der Waals surface area (Å²) in [6.07, 6.45) is -2.81. The van der Waals surface area contributed by atoms with Crippen LogP contribution in [0.4, 0.5) is 13.2 Å². The summed E-state index contributed by atoms with van der Waals surface area (Å²) in [5.74, 6) is 0. The van der Waals surface area contributed by atoms with Crippen LogP contribution < -0.4 is 5.69 Å². The van der Waals surface area contributed by atoms with Crippen molar-refractivity contribution in [2.45, 2.75) is 13.1 Å². The van der Waals surface area contributed by atoms with Crippen molar-refractivity contribution >= 4 is 11.0 Å². The largest absolute Gasteiger partial charge is 0.416 e. The van der Waals surface area contributed by atoms with Crippen LogP contribution in [0.15, 0.2) is 77.9 Å². The van der Waals surface area contributed by atoms with E-state index in [1.165, 1.54) is 21.3 Å². The van der Waals surface area contributed by atoms with Crippen LogP contribution in [0.2, 0.25) is 0 Å². The lowest BCUT2D eigenvalue weighted by Gasteiger charge is -2.09. The van der Waals surface area contributed by atoms with E-state index in [2.05, 4.69) is 16.0 Å². The molecule has 0 bridgehead atoms. The normalized spacial score (nSPS) is 11.9. The fourth-order valence-electron chi connectivity index (χ4n) is 4.07. The lowest BCUT2D eigenvalue weighted by molar-refractivity contribution is -0.137. The fourth-order valence-corrected chi connectivity index (χ4v) is 4.07. The van der Waals surface area contributed by atoms with E-state index < -0.39 is 11.7 Å². The van der Waals surface area contributed by atoms with Crippen molar-refractivity contribution in [2.24, 2.45) is 7.05 Å². The van der Waals surface area contributed by atoms with Crippen molar-refractivity contribution in [3.63, 3.8) is 0 Å².